The van der Waals surface area contributed by atoms with Gasteiger partial charge in [0.25, 0.3) is 0 Å². The van der Waals surface area contributed by atoms with Crippen molar-refractivity contribution in [2.75, 3.05) is 18.4 Å². The van der Waals surface area contributed by atoms with E-state index >= 15 is 0 Å². The SMILES string of the molecule is CCN(Cc1ccncc1)CC(C)CBr. The summed E-state index contributed by atoms with van der Waals surface area (Å²) in [5, 5.41) is 1.07. The van der Waals surface area contributed by atoms with Crippen LogP contribution in [0.5, 0.6) is 0 Å². The second kappa shape index (κ2) is 6.96. The zero-order chi connectivity index (χ0) is 11.1. The number of halogens is 1. The number of alkyl halides is 1. The Hall–Kier alpha value is -0.410. The zero-order valence-corrected chi connectivity index (χ0v) is 11.1. The minimum atomic E-state index is 0.701. The van der Waals surface area contributed by atoms with Gasteiger partial charge >= 0.3 is 0 Å². The van der Waals surface area contributed by atoms with E-state index in [1.165, 1.54) is 5.56 Å². The Bertz CT molecular complexity index is 264. The van der Waals surface area contributed by atoms with Crippen molar-refractivity contribution < 1.29 is 0 Å². The number of aromatic nitrogens is 1. The van der Waals surface area contributed by atoms with Crippen molar-refractivity contribution >= 4 is 15.9 Å². The highest BCUT2D eigenvalue weighted by Crippen LogP contribution is 2.08. The number of hydrogen-bond acceptors (Lipinski definition) is 2. The first-order valence-corrected chi connectivity index (χ1v) is 6.55. The fourth-order valence-corrected chi connectivity index (χ4v) is 1.75. The Morgan fingerprint density at radius 3 is 2.60 bits per heavy atom. The predicted octanol–water partition coefficient (Wildman–Crippen LogP) is 2.93. The second-order valence-corrected chi connectivity index (χ2v) is 4.59. The van der Waals surface area contributed by atoms with Gasteiger partial charge in [-0.25, -0.2) is 0 Å². The van der Waals surface area contributed by atoms with Crippen molar-refractivity contribution in [1.82, 2.24) is 9.88 Å². The fraction of sp³-hybridized carbons (Fsp3) is 0.583. The van der Waals surface area contributed by atoms with Gasteiger partial charge in [-0.1, -0.05) is 29.8 Å². The maximum absolute atomic E-state index is 4.03. The maximum Gasteiger partial charge on any atom is 0.0271 e. The molecule has 0 saturated heterocycles. The number of rotatable bonds is 6. The van der Waals surface area contributed by atoms with Gasteiger partial charge in [0.1, 0.15) is 0 Å². The molecule has 0 aliphatic rings. The normalized spacial score (nSPS) is 13.1. The Kier molecular flexibility index (Phi) is 5.88. The van der Waals surface area contributed by atoms with E-state index in [2.05, 4.69) is 51.8 Å². The van der Waals surface area contributed by atoms with E-state index in [0.29, 0.717) is 5.92 Å². The van der Waals surface area contributed by atoms with Gasteiger partial charge in [-0.2, -0.15) is 0 Å². The van der Waals surface area contributed by atoms with Crippen molar-refractivity contribution in [3.63, 3.8) is 0 Å². The molecule has 1 atom stereocenters. The van der Waals surface area contributed by atoms with E-state index < -0.39 is 0 Å². The molecular formula is C12H19BrN2. The van der Waals surface area contributed by atoms with Crippen LogP contribution in [0.15, 0.2) is 24.5 Å². The molecule has 0 N–H and O–H groups in total. The Balaban J connectivity index is 2.47. The van der Waals surface area contributed by atoms with Crippen LogP contribution in [0.1, 0.15) is 19.4 Å². The van der Waals surface area contributed by atoms with Crippen molar-refractivity contribution in [2.24, 2.45) is 5.92 Å². The lowest BCUT2D eigenvalue weighted by Gasteiger charge is -2.23. The van der Waals surface area contributed by atoms with Crippen LogP contribution in [0, 0.1) is 5.92 Å². The number of hydrogen-bond donors (Lipinski definition) is 0. The molecule has 0 amide bonds. The molecule has 1 aromatic heterocycles. The molecule has 0 bridgehead atoms. The standard InChI is InChI=1S/C12H19BrN2/c1-3-15(9-11(2)8-13)10-12-4-6-14-7-5-12/h4-7,11H,3,8-10H2,1-2H3. The summed E-state index contributed by atoms with van der Waals surface area (Å²) in [6.07, 6.45) is 3.72. The monoisotopic (exact) mass is 270 g/mol. The third kappa shape index (κ3) is 4.76. The van der Waals surface area contributed by atoms with Gasteiger partial charge < -0.3 is 0 Å². The van der Waals surface area contributed by atoms with Crippen molar-refractivity contribution in [2.45, 2.75) is 20.4 Å². The molecule has 2 nitrogen and oxygen atoms in total. The topological polar surface area (TPSA) is 16.1 Å². The van der Waals surface area contributed by atoms with E-state index in [4.69, 9.17) is 0 Å². The Morgan fingerprint density at radius 2 is 2.07 bits per heavy atom. The third-order valence-corrected chi connectivity index (χ3v) is 3.54. The van der Waals surface area contributed by atoms with E-state index in [1.807, 2.05) is 12.4 Å². The Morgan fingerprint density at radius 1 is 1.40 bits per heavy atom. The summed E-state index contributed by atoms with van der Waals surface area (Å²) in [5.41, 5.74) is 1.34. The minimum Gasteiger partial charge on any atom is -0.299 e. The van der Waals surface area contributed by atoms with Crippen molar-refractivity contribution in [3.05, 3.63) is 30.1 Å². The second-order valence-electron chi connectivity index (χ2n) is 3.94. The molecule has 0 radical (unpaired) electrons. The van der Waals surface area contributed by atoms with Gasteiger partial charge in [-0.15, -0.1) is 0 Å². The summed E-state index contributed by atoms with van der Waals surface area (Å²) >= 11 is 3.52. The third-order valence-electron chi connectivity index (χ3n) is 2.44. The molecule has 0 aromatic carbocycles. The summed E-state index contributed by atoms with van der Waals surface area (Å²) in [6, 6.07) is 4.17. The quantitative estimate of drug-likeness (QED) is 0.739. The molecule has 0 fully saturated rings. The molecule has 1 heterocycles. The van der Waals surface area contributed by atoms with Crippen LogP contribution in [0.3, 0.4) is 0 Å². The summed E-state index contributed by atoms with van der Waals surface area (Å²) in [6.45, 7) is 7.74. The lowest BCUT2D eigenvalue weighted by atomic mass is 10.2. The van der Waals surface area contributed by atoms with Crippen LogP contribution < -0.4 is 0 Å². The molecular weight excluding hydrogens is 252 g/mol. The van der Waals surface area contributed by atoms with E-state index in [0.717, 1.165) is 25.0 Å². The molecule has 3 heteroatoms. The highest BCUT2D eigenvalue weighted by atomic mass is 79.9. The van der Waals surface area contributed by atoms with E-state index in [1.54, 1.807) is 0 Å². The maximum atomic E-state index is 4.03. The minimum absolute atomic E-state index is 0.701. The predicted molar refractivity (Wildman–Crippen MR) is 68.1 cm³/mol. The van der Waals surface area contributed by atoms with Gasteiger partial charge in [0.15, 0.2) is 0 Å². The molecule has 0 aliphatic carbocycles. The van der Waals surface area contributed by atoms with Gasteiger partial charge in [-0.05, 0) is 30.2 Å². The van der Waals surface area contributed by atoms with Gasteiger partial charge in [0.05, 0.1) is 0 Å². The first-order chi connectivity index (χ1) is 7.26. The van der Waals surface area contributed by atoms with Crippen molar-refractivity contribution in [1.29, 1.82) is 0 Å². The Labute approximate surface area is 101 Å². The first kappa shape index (κ1) is 12.7. The van der Waals surface area contributed by atoms with E-state index in [9.17, 15) is 0 Å². The summed E-state index contributed by atoms with van der Waals surface area (Å²) in [7, 11) is 0. The zero-order valence-electron chi connectivity index (χ0n) is 9.49. The van der Waals surface area contributed by atoms with Crippen LogP contribution >= 0.6 is 15.9 Å². The van der Waals surface area contributed by atoms with Crippen LogP contribution in [0.2, 0.25) is 0 Å². The summed E-state index contributed by atoms with van der Waals surface area (Å²) in [5.74, 6) is 0.701. The largest absolute Gasteiger partial charge is 0.299 e. The van der Waals surface area contributed by atoms with Crippen molar-refractivity contribution in [3.8, 4) is 0 Å². The molecule has 1 unspecified atom stereocenters. The molecule has 0 aliphatic heterocycles. The summed E-state index contributed by atoms with van der Waals surface area (Å²) < 4.78 is 0. The molecule has 15 heavy (non-hydrogen) atoms. The highest BCUT2D eigenvalue weighted by Gasteiger charge is 2.07. The average molecular weight is 271 g/mol. The number of pyridine rings is 1. The molecule has 84 valence electrons. The number of nitrogens with zero attached hydrogens (tertiary/aromatic N) is 2. The fourth-order valence-electron chi connectivity index (χ4n) is 1.54. The molecule has 0 spiro atoms. The van der Waals surface area contributed by atoms with Crippen LogP contribution in [-0.4, -0.2) is 28.3 Å². The average Bonchev–Trinajstić information content (AvgIpc) is 2.29. The molecule has 0 saturated carbocycles. The summed E-state index contributed by atoms with van der Waals surface area (Å²) in [4.78, 5) is 6.49. The highest BCUT2D eigenvalue weighted by molar-refractivity contribution is 9.09. The lowest BCUT2D eigenvalue weighted by Crippen LogP contribution is -2.28. The lowest BCUT2D eigenvalue weighted by molar-refractivity contribution is 0.250. The first-order valence-electron chi connectivity index (χ1n) is 5.43. The van der Waals surface area contributed by atoms with Crippen LogP contribution in [0.25, 0.3) is 0 Å². The van der Waals surface area contributed by atoms with Crippen LogP contribution in [0.4, 0.5) is 0 Å². The van der Waals surface area contributed by atoms with Gasteiger partial charge in [-0.3, -0.25) is 9.88 Å². The van der Waals surface area contributed by atoms with Crippen LogP contribution in [-0.2, 0) is 6.54 Å². The van der Waals surface area contributed by atoms with Gasteiger partial charge in [0, 0.05) is 30.8 Å². The molecule has 1 aromatic rings. The van der Waals surface area contributed by atoms with Gasteiger partial charge in [0.2, 0.25) is 0 Å². The smallest absolute Gasteiger partial charge is 0.0271 e. The molecule has 1 rings (SSSR count). The van der Waals surface area contributed by atoms with E-state index in [-0.39, 0.29) is 0 Å².